The highest BCUT2D eigenvalue weighted by Crippen LogP contribution is 2.62. The highest BCUT2D eigenvalue weighted by Gasteiger charge is 2.70. The molecule has 4 saturated carbocycles. The third-order valence-corrected chi connectivity index (χ3v) is 8.57. The fraction of sp³-hybridized carbons (Fsp3) is 0.818. The van der Waals surface area contributed by atoms with Gasteiger partial charge < -0.3 is 24.3 Å². The van der Waals surface area contributed by atoms with Gasteiger partial charge in [-0.2, -0.15) is 17.6 Å². The monoisotopic (exact) mass is 505 g/mol. The lowest BCUT2D eigenvalue weighted by Crippen LogP contribution is -2.51. The molecular weight excluding hydrogens is 482 g/mol. The second-order valence-corrected chi connectivity index (χ2v) is 10.8. The first-order valence-electron chi connectivity index (χ1n) is 11.7. The van der Waals surface area contributed by atoms with Crippen LogP contribution in [-0.2, 0) is 38.1 Å². The molecule has 6 fully saturated rings. The minimum absolute atomic E-state index is 0.0321. The van der Waals surface area contributed by atoms with Crippen molar-refractivity contribution in [1.29, 1.82) is 0 Å². The topological polar surface area (TPSA) is 117 Å². The summed E-state index contributed by atoms with van der Waals surface area (Å²) in [4.78, 5) is 48.2. The average molecular weight is 505 g/mol. The molecule has 0 aromatic carbocycles. The molecule has 4 aliphatic carbocycles. The zero-order valence-corrected chi connectivity index (χ0v) is 18.4. The zero-order chi connectivity index (χ0) is 25.0. The van der Waals surface area contributed by atoms with Gasteiger partial charge in [-0.1, -0.05) is 0 Å². The van der Waals surface area contributed by atoms with Gasteiger partial charge in [-0.15, -0.1) is 0 Å². The molecule has 1 N–H and O–H groups in total. The lowest BCUT2D eigenvalue weighted by atomic mass is 9.87. The summed E-state index contributed by atoms with van der Waals surface area (Å²) in [6.07, 6.45) is 2.45. The molecule has 0 amide bonds. The van der Waals surface area contributed by atoms with Crippen molar-refractivity contribution in [3.63, 3.8) is 0 Å². The van der Waals surface area contributed by atoms with Crippen LogP contribution in [0.1, 0.15) is 38.5 Å². The van der Waals surface area contributed by atoms with E-state index < -0.39 is 84.1 Å². The van der Waals surface area contributed by atoms with Crippen LogP contribution < -0.4 is 5.32 Å². The van der Waals surface area contributed by atoms with Gasteiger partial charge in [0.05, 0.1) is 36.8 Å². The molecule has 35 heavy (non-hydrogen) atoms. The van der Waals surface area contributed by atoms with Crippen LogP contribution in [-0.4, -0.2) is 60.4 Å². The number of hydrogen-bond donors (Lipinski definition) is 1. The Morgan fingerprint density at radius 1 is 0.800 bits per heavy atom. The van der Waals surface area contributed by atoms with E-state index in [0.29, 0.717) is 25.7 Å². The first-order chi connectivity index (χ1) is 16.3. The molecule has 6 aliphatic rings. The Morgan fingerprint density at radius 2 is 1.20 bits per heavy atom. The second kappa shape index (κ2) is 7.07. The smallest absolute Gasteiger partial charge is 0.381 e. The molecule has 13 heteroatoms. The highest BCUT2D eigenvalue weighted by molar-refractivity contribution is 5.82. The molecule has 0 aromatic heterocycles. The lowest BCUT2D eigenvalue weighted by Gasteiger charge is -2.32. The molecule has 8 unspecified atom stereocenters. The van der Waals surface area contributed by atoms with Gasteiger partial charge in [-0.25, -0.2) is 9.59 Å². The van der Waals surface area contributed by atoms with E-state index in [9.17, 15) is 36.7 Å². The van der Waals surface area contributed by atoms with Crippen molar-refractivity contribution in [2.75, 3.05) is 13.1 Å². The number of alkyl halides is 4. The summed E-state index contributed by atoms with van der Waals surface area (Å²) >= 11 is 0. The van der Waals surface area contributed by atoms with Crippen LogP contribution in [0.15, 0.2) is 0 Å². The molecule has 0 radical (unpaired) electrons. The van der Waals surface area contributed by atoms with E-state index >= 15 is 0 Å². The Kier molecular flexibility index (Phi) is 4.64. The number of esters is 4. The number of hydrogen-bond acceptors (Lipinski definition) is 9. The van der Waals surface area contributed by atoms with Crippen LogP contribution >= 0.6 is 0 Å². The van der Waals surface area contributed by atoms with Crippen LogP contribution in [0.2, 0.25) is 0 Å². The van der Waals surface area contributed by atoms with Crippen molar-refractivity contribution in [1.82, 2.24) is 5.32 Å². The number of ether oxygens (including phenoxy) is 4. The van der Waals surface area contributed by atoms with E-state index in [4.69, 9.17) is 18.9 Å². The Labute approximate surface area is 196 Å². The molecule has 6 rings (SSSR count). The fourth-order valence-electron chi connectivity index (χ4n) is 7.21. The van der Waals surface area contributed by atoms with Gasteiger partial charge in [-0.3, -0.25) is 9.59 Å². The van der Waals surface area contributed by atoms with Crippen molar-refractivity contribution in [3.05, 3.63) is 0 Å². The summed E-state index contributed by atoms with van der Waals surface area (Å²) in [6.45, 7) is -3.08. The predicted molar refractivity (Wildman–Crippen MR) is 101 cm³/mol. The van der Waals surface area contributed by atoms with Crippen molar-refractivity contribution in [2.24, 2.45) is 35.5 Å². The van der Waals surface area contributed by atoms with E-state index in [0.717, 1.165) is 0 Å². The fourth-order valence-corrected chi connectivity index (χ4v) is 7.21. The van der Waals surface area contributed by atoms with E-state index in [2.05, 4.69) is 0 Å². The molecule has 4 bridgehead atoms. The van der Waals surface area contributed by atoms with E-state index in [1.807, 2.05) is 0 Å². The Morgan fingerprint density at radius 3 is 1.57 bits per heavy atom. The van der Waals surface area contributed by atoms with Crippen LogP contribution in [0, 0.1) is 35.5 Å². The maximum atomic E-state index is 14.4. The molecule has 2 saturated heterocycles. The largest absolute Gasteiger partial charge is 0.422 e. The average Bonchev–Trinajstić information content (AvgIpc) is 3.53. The van der Waals surface area contributed by atoms with Crippen molar-refractivity contribution >= 4 is 23.9 Å². The van der Waals surface area contributed by atoms with Gasteiger partial charge in [0, 0.05) is 12.8 Å². The van der Waals surface area contributed by atoms with Gasteiger partial charge in [0.15, 0.2) is 0 Å². The first-order valence-corrected chi connectivity index (χ1v) is 11.7. The summed E-state index contributed by atoms with van der Waals surface area (Å²) in [5, 5.41) is 1.73. The minimum atomic E-state index is -4.22. The van der Waals surface area contributed by atoms with Crippen LogP contribution in [0.5, 0.6) is 0 Å². The Bertz CT molecular complexity index is 943. The zero-order valence-electron chi connectivity index (χ0n) is 18.4. The summed E-state index contributed by atoms with van der Waals surface area (Å²) in [7, 11) is 0. The van der Waals surface area contributed by atoms with Crippen LogP contribution in [0.3, 0.4) is 0 Å². The Hall–Kier alpha value is -2.44. The molecule has 0 spiro atoms. The summed E-state index contributed by atoms with van der Waals surface area (Å²) in [5.74, 6) is -18.9. The SMILES string of the molecule is O=C1OC2(OC(=O)C(F)(F)CNCC(F)(F)C(=O)OC34CC5CC(C(=O)O3)C4C5)CC3CC1C2C3. The first kappa shape index (κ1) is 23.0. The number of nitrogens with one attached hydrogen (secondary N) is 1. The summed E-state index contributed by atoms with van der Waals surface area (Å²) in [6, 6.07) is 0. The number of carbonyl (C=O) groups is 4. The van der Waals surface area contributed by atoms with Gasteiger partial charge in [0.1, 0.15) is 0 Å². The van der Waals surface area contributed by atoms with E-state index in [-0.39, 0.29) is 24.7 Å². The molecule has 2 heterocycles. The number of halogens is 4. The van der Waals surface area contributed by atoms with Crippen molar-refractivity contribution in [3.8, 4) is 0 Å². The Balaban J connectivity index is 1.03. The van der Waals surface area contributed by atoms with Gasteiger partial charge in [0.25, 0.3) is 11.6 Å². The molecule has 192 valence electrons. The molecular formula is C22H23F4NO8. The van der Waals surface area contributed by atoms with Crippen LogP contribution in [0.25, 0.3) is 0 Å². The molecule has 2 aliphatic heterocycles. The maximum absolute atomic E-state index is 14.4. The van der Waals surface area contributed by atoms with Gasteiger partial charge in [-0.05, 0) is 37.5 Å². The van der Waals surface area contributed by atoms with Crippen molar-refractivity contribution in [2.45, 2.75) is 61.9 Å². The number of fused-ring (bicyclic) bond motifs is 2. The van der Waals surface area contributed by atoms with Crippen molar-refractivity contribution < 1.29 is 55.7 Å². The minimum Gasteiger partial charge on any atom is -0.422 e. The quantitative estimate of drug-likeness (QED) is 0.387. The lowest BCUT2D eigenvalue weighted by molar-refractivity contribution is -0.239. The van der Waals surface area contributed by atoms with Gasteiger partial charge in [0.2, 0.25) is 0 Å². The maximum Gasteiger partial charge on any atom is 0.381 e. The molecule has 9 nitrogen and oxygen atoms in total. The van der Waals surface area contributed by atoms with E-state index in [1.54, 1.807) is 5.32 Å². The standard InChI is InChI=1S/C22H23F4NO8/c23-19(24,17(30)34-21-5-9-1-11(13(21)3-9)15(28)32-21)7-27-8-20(25,26)18(31)35-22-6-10-2-12(14(22)4-10)16(29)33-22/h9-14,27H,1-8H2. The van der Waals surface area contributed by atoms with Gasteiger partial charge >= 0.3 is 35.7 Å². The number of carbonyl (C=O) groups excluding carboxylic acids is 4. The molecule has 0 aromatic rings. The highest BCUT2D eigenvalue weighted by atomic mass is 19.3. The van der Waals surface area contributed by atoms with Crippen LogP contribution in [0.4, 0.5) is 17.6 Å². The van der Waals surface area contributed by atoms with E-state index in [1.165, 1.54) is 0 Å². The normalized spacial score (nSPS) is 42.4. The molecule has 8 atom stereocenters. The third kappa shape index (κ3) is 3.29. The summed E-state index contributed by atoms with van der Waals surface area (Å²) in [5.41, 5.74) is 0. The number of rotatable bonds is 8. The third-order valence-electron chi connectivity index (χ3n) is 8.57. The second-order valence-electron chi connectivity index (χ2n) is 10.8. The predicted octanol–water partition coefficient (Wildman–Crippen LogP) is 1.53. The summed E-state index contributed by atoms with van der Waals surface area (Å²) < 4.78 is 77.8.